The lowest BCUT2D eigenvalue weighted by Crippen LogP contribution is -2.67. The number of anilines is 1. The van der Waals surface area contributed by atoms with E-state index in [1.165, 1.54) is 4.90 Å². The summed E-state index contributed by atoms with van der Waals surface area (Å²) in [6.07, 6.45) is 0. The number of carbonyl (C=O) groups excluding carboxylic acids is 3. The lowest BCUT2D eigenvalue weighted by Gasteiger charge is -2.49. The standard InChI is InChI=1S/C24H11BrCl4N2O5/c25-10-2-4-11(5-3-10)30-20(9-1-6-12-13(7-9)36-8-35-12)21(24(30)34)31-22(32)14-15(23(31)33)17(27)19(29)18(28)16(14)26/h1-7,20-21H,8H2/t20-,21-/m1/s1. The zero-order valence-electron chi connectivity index (χ0n) is 17.7. The molecule has 0 saturated carbocycles. The molecule has 3 aromatic rings. The number of carbonyl (C=O) groups is 3. The Morgan fingerprint density at radius 3 is 1.92 bits per heavy atom. The van der Waals surface area contributed by atoms with Gasteiger partial charge in [0.2, 0.25) is 6.79 Å². The summed E-state index contributed by atoms with van der Waals surface area (Å²) in [4.78, 5) is 43.0. The number of hydrogen-bond acceptors (Lipinski definition) is 5. The summed E-state index contributed by atoms with van der Waals surface area (Å²) in [5.74, 6) is -0.966. The van der Waals surface area contributed by atoms with Gasteiger partial charge in [-0.15, -0.1) is 0 Å². The minimum absolute atomic E-state index is 0.0686. The van der Waals surface area contributed by atoms with E-state index in [-0.39, 0.29) is 38.0 Å². The van der Waals surface area contributed by atoms with Crippen LogP contribution in [-0.2, 0) is 4.79 Å². The monoisotopic (exact) mass is 626 g/mol. The molecule has 0 unspecified atom stereocenters. The van der Waals surface area contributed by atoms with Crippen LogP contribution in [0.5, 0.6) is 11.5 Å². The van der Waals surface area contributed by atoms with Crippen LogP contribution >= 0.6 is 62.3 Å². The molecule has 36 heavy (non-hydrogen) atoms. The fourth-order valence-electron chi connectivity index (χ4n) is 4.66. The first kappa shape index (κ1) is 23.9. The van der Waals surface area contributed by atoms with Crippen molar-refractivity contribution in [1.82, 2.24) is 4.90 Å². The molecule has 3 aromatic carbocycles. The molecule has 12 heteroatoms. The van der Waals surface area contributed by atoms with Crippen LogP contribution in [-0.4, -0.2) is 35.5 Å². The molecule has 182 valence electrons. The van der Waals surface area contributed by atoms with Crippen LogP contribution in [0, 0.1) is 0 Å². The van der Waals surface area contributed by atoms with Gasteiger partial charge >= 0.3 is 0 Å². The van der Waals surface area contributed by atoms with Crippen molar-refractivity contribution in [1.29, 1.82) is 0 Å². The van der Waals surface area contributed by atoms with E-state index >= 15 is 0 Å². The zero-order valence-corrected chi connectivity index (χ0v) is 22.3. The molecule has 0 aromatic heterocycles. The third-order valence-corrected chi connectivity index (χ3v) is 8.65. The van der Waals surface area contributed by atoms with Gasteiger partial charge in [-0.05, 0) is 42.0 Å². The van der Waals surface area contributed by atoms with Crippen molar-refractivity contribution in [3.8, 4) is 11.5 Å². The van der Waals surface area contributed by atoms with Gasteiger partial charge in [0.1, 0.15) is 6.04 Å². The second-order valence-electron chi connectivity index (χ2n) is 8.17. The summed E-state index contributed by atoms with van der Waals surface area (Å²) in [6.45, 7) is 0.0686. The van der Waals surface area contributed by atoms with Gasteiger partial charge in [0.25, 0.3) is 17.7 Å². The second-order valence-corrected chi connectivity index (χ2v) is 10.6. The van der Waals surface area contributed by atoms with Gasteiger partial charge < -0.3 is 14.4 Å². The van der Waals surface area contributed by atoms with E-state index in [9.17, 15) is 14.4 Å². The fourth-order valence-corrected chi connectivity index (χ4v) is 5.94. The molecule has 0 spiro atoms. The van der Waals surface area contributed by atoms with Crippen LogP contribution in [0.25, 0.3) is 0 Å². The van der Waals surface area contributed by atoms with Gasteiger partial charge in [-0.3, -0.25) is 19.3 Å². The highest BCUT2D eigenvalue weighted by Crippen LogP contribution is 2.50. The third kappa shape index (κ3) is 3.28. The maximum absolute atomic E-state index is 13.6. The molecule has 1 fully saturated rings. The van der Waals surface area contributed by atoms with Crippen molar-refractivity contribution in [2.45, 2.75) is 12.1 Å². The third-order valence-electron chi connectivity index (χ3n) is 6.32. The summed E-state index contributed by atoms with van der Waals surface area (Å²) in [6, 6.07) is 10.4. The average Bonchev–Trinajstić information content (AvgIpc) is 3.43. The van der Waals surface area contributed by atoms with Crippen LogP contribution < -0.4 is 14.4 Å². The highest BCUT2D eigenvalue weighted by molar-refractivity contribution is 9.10. The van der Waals surface area contributed by atoms with Crippen molar-refractivity contribution in [3.05, 3.63) is 83.7 Å². The van der Waals surface area contributed by atoms with Crippen molar-refractivity contribution in [3.63, 3.8) is 0 Å². The number of halogens is 5. The van der Waals surface area contributed by atoms with Crippen molar-refractivity contribution in [2.24, 2.45) is 0 Å². The van der Waals surface area contributed by atoms with Gasteiger partial charge in [0.05, 0.1) is 37.3 Å². The maximum atomic E-state index is 13.6. The number of rotatable bonds is 3. The molecule has 6 rings (SSSR count). The molecule has 2 atom stereocenters. The largest absolute Gasteiger partial charge is 0.454 e. The molecule has 3 heterocycles. The number of nitrogens with zero attached hydrogens (tertiary/aromatic N) is 2. The van der Waals surface area contributed by atoms with Crippen LogP contribution in [0.4, 0.5) is 5.69 Å². The van der Waals surface area contributed by atoms with Crippen molar-refractivity contribution >= 4 is 85.7 Å². The lowest BCUT2D eigenvalue weighted by atomic mass is 9.86. The van der Waals surface area contributed by atoms with Crippen LogP contribution in [0.3, 0.4) is 0 Å². The van der Waals surface area contributed by atoms with Gasteiger partial charge in [0.15, 0.2) is 11.5 Å². The number of amides is 3. The number of fused-ring (bicyclic) bond motifs is 2. The Hall–Kier alpha value is -2.49. The van der Waals surface area contributed by atoms with Gasteiger partial charge in [-0.25, -0.2) is 0 Å². The highest BCUT2D eigenvalue weighted by atomic mass is 79.9. The van der Waals surface area contributed by atoms with Gasteiger partial charge in [-0.1, -0.05) is 68.4 Å². The average molecular weight is 629 g/mol. The van der Waals surface area contributed by atoms with E-state index in [0.29, 0.717) is 22.7 Å². The molecule has 0 bridgehead atoms. The maximum Gasteiger partial charge on any atom is 0.264 e. The van der Waals surface area contributed by atoms with E-state index < -0.39 is 29.8 Å². The summed E-state index contributed by atoms with van der Waals surface area (Å²) in [7, 11) is 0. The molecular weight excluding hydrogens is 618 g/mol. The normalized spacial score (nSPS) is 20.2. The number of hydrogen-bond donors (Lipinski definition) is 0. The lowest BCUT2D eigenvalue weighted by molar-refractivity contribution is -0.130. The highest BCUT2D eigenvalue weighted by Gasteiger charge is 2.58. The Morgan fingerprint density at radius 1 is 0.722 bits per heavy atom. The molecule has 0 aliphatic carbocycles. The minimum Gasteiger partial charge on any atom is -0.454 e. The van der Waals surface area contributed by atoms with E-state index in [1.807, 2.05) is 0 Å². The van der Waals surface area contributed by atoms with Gasteiger partial charge in [-0.2, -0.15) is 0 Å². The van der Waals surface area contributed by atoms with Crippen LogP contribution in [0.15, 0.2) is 46.9 Å². The molecule has 0 radical (unpaired) electrons. The SMILES string of the molecule is O=C1c2c(Cl)c(Cl)c(Cl)c(Cl)c2C(=O)N1[C@H]1C(=O)N(c2ccc(Br)cc2)[C@@H]1c1ccc2c(c1)OCO2. The van der Waals surface area contributed by atoms with E-state index in [2.05, 4.69) is 15.9 Å². The Bertz CT molecular complexity index is 1470. The predicted octanol–water partition coefficient (Wildman–Crippen LogP) is 6.54. The summed E-state index contributed by atoms with van der Waals surface area (Å²) in [5.41, 5.74) is 0.859. The molecular formula is C24H11BrCl4N2O5. The van der Waals surface area contributed by atoms with E-state index in [1.54, 1.807) is 42.5 Å². The van der Waals surface area contributed by atoms with Crippen LogP contribution in [0.1, 0.15) is 32.3 Å². The smallest absolute Gasteiger partial charge is 0.264 e. The quantitative estimate of drug-likeness (QED) is 0.142. The van der Waals surface area contributed by atoms with Crippen molar-refractivity contribution < 1.29 is 23.9 Å². The number of β-lactam (4-membered cyclic amide) rings is 1. The number of imide groups is 1. The van der Waals surface area contributed by atoms with E-state index in [4.69, 9.17) is 55.9 Å². The molecule has 1 saturated heterocycles. The molecule has 3 amide bonds. The first-order valence-corrected chi connectivity index (χ1v) is 12.7. The van der Waals surface area contributed by atoms with Gasteiger partial charge in [0, 0.05) is 10.2 Å². The molecule has 0 N–H and O–H groups in total. The first-order chi connectivity index (χ1) is 17.2. The Labute approximate surface area is 232 Å². The summed E-state index contributed by atoms with van der Waals surface area (Å²) < 4.78 is 11.7. The topological polar surface area (TPSA) is 76.2 Å². The minimum atomic E-state index is -1.17. The molecule has 7 nitrogen and oxygen atoms in total. The predicted molar refractivity (Wildman–Crippen MR) is 138 cm³/mol. The zero-order chi connectivity index (χ0) is 25.5. The first-order valence-electron chi connectivity index (χ1n) is 10.4. The summed E-state index contributed by atoms with van der Waals surface area (Å²) >= 11 is 28.3. The fraction of sp³-hybridized carbons (Fsp3) is 0.125. The Morgan fingerprint density at radius 2 is 1.31 bits per heavy atom. The Kier molecular flexibility index (Phi) is 5.66. The van der Waals surface area contributed by atoms with Crippen molar-refractivity contribution in [2.75, 3.05) is 11.7 Å². The van der Waals surface area contributed by atoms with E-state index in [0.717, 1.165) is 9.37 Å². The number of benzene rings is 3. The molecule has 3 aliphatic rings. The van der Waals surface area contributed by atoms with Crippen LogP contribution in [0.2, 0.25) is 20.1 Å². The number of ether oxygens (including phenoxy) is 2. The Balaban J connectivity index is 1.48. The second kappa shape index (κ2) is 8.53. The molecule has 3 aliphatic heterocycles. The summed E-state index contributed by atoms with van der Waals surface area (Å²) in [5, 5.41) is -0.682.